The Balaban J connectivity index is 2.07. The van der Waals surface area contributed by atoms with E-state index in [9.17, 15) is 4.79 Å². The zero-order chi connectivity index (χ0) is 19.1. The molecule has 0 bridgehead atoms. The second-order valence-corrected chi connectivity index (χ2v) is 6.41. The first-order chi connectivity index (χ1) is 12.4. The van der Waals surface area contributed by atoms with E-state index >= 15 is 0 Å². The summed E-state index contributed by atoms with van der Waals surface area (Å²) in [5.74, 6) is 0.923. The third-order valence-electron chi connectivity index (χ3n) is 4.33. The fourth-order valence-corrected chi connectivity index (χ4v) is 2.49. The summed E-state index contributed by atoms with van der Waals surface area (Å²) in [5, 5.41) is 0. The molecule has 0 spiro atoms. The van der Waals surface area contributed by atoms with Crippen LogP contribution in [-0.2, 0) is 9.53 Å². The lowest BCUT2D eigenvalue weighted by Gasteiger charge is -2.30. The zero-order valence-electron chi connectivity index (χ0n) is 16.0. The fourth-order valence-electron chi connectivity index (χ4n) is 2.49. The van der Waals surface area contributed by atoms with E-state index < -0.39 is 12.1 Å². The topological polar surface area (TPSA) is 48.0 Å². The molecule has 0 unspecified atom stereocenters. The average Bonchev–Trinajstić information content (AvgIpc) is 2.66. The van der Waals surface area contributed by atoms with E-state index in [0.29, 0.717) is 5.75 Å². The van der Waals surface area contributed by atoms with Gasteiger partial charge in [-0.3, -0.25) is 0 Å². The quantitative estimate of drug-likeness (QED) is 0.674. The van der Waals surface area contributed by atoms with Crippen LogP contribution >= 0.6 is 0 Å². The second kappa shape index (κ2) is 9.25. The minimum absolute atomic E-state index is 0.0227. The van der Waals surface area contributed by atoms with Gasteiger partial charge in [0.05, 0.1) is 7.11 Å². The molecule has 0 aromatic heterocycles. The molecule has 2 aromatic rings. The number of ether oxygens (including phenoxy) is 3. The van der Waals surface area contributed by atoms with Gasteiger partial charge in [-0.25, -0.2) is 4.79 Å². The Morgan fingerprint density at radius 1 is 0.923 bits per heavy atom. The van der Waals surface area contributed by atoms with Crippen LogP contribution < -0.4 is 9.47 Å². The van der Waals surface area contributed by atoms with Crippen molar-refractivity contribution < 1.29 is 19.0 Å². The normalized spacial score (nSPS) is 14.4. The van der Waals surface area contributed by atoms with Crippen LogP contribution in [0.25, 0.3) is 0 Å². The van der Waals surface area contributed by atoms with Crippen molar-refractivity contribution in [1.29, 1.82) is 0 Å². The van der Waals surface area contributed by atoms with Gasteiger partial charge in [0, 0.05) is 6.04 Å². The van der Waals surface area contributed by atoms with Gasteiger partial charge in [-0.2, -0.15) is 0 Å². The summed E-state index contributed by atoms with van der Waals surface area (Å²) < 4.78 is 16.6. The minimum Gasteiger partial charge on any atom is -0.497 e. The van der Waals surface area contributed by atoms with E-state index in [0.717, 1.165) is 11.3 Å². The molecule has 0 saturated carbocycles. The molecule has 0 saturated heterocycles. The first-order valence-corrected chi connectivity index (χ1v) is 8.65. The Hall–Kier alpha value is -2.53. The van der Waals surface area contributed by atoms with Gasteiger partial charge < -0.3 is 19.1 Å². The van der Waals surface area contributed by atoms with E-state index in [4.69, 9.17) is 14.2 Å². The number of hydrogen-bond donors (Lipinski definition) is 0. The molecular weight excluding hydrogens is 330 g/mol. The molecule has 2 rings (SSSR count). The van der Waals surface area contributed by atoms with Crippen LogP contribution in [-0.4, -0.2) is 44.2 Å². The largest absolute Gasteiger partial charge is 0.497 e. The molecule has 0 N–H and O–H groups in total. The lowest BCUT2D eigenvalue weighted by atomic mass is 10.0. The highest BCUT2D eigenvalue weighted by molar-refractivity contribution is 5.75. The predicted molar refractivity (Wildman–Crippen MR) is 102 cm³/mol. The van der Waals surface area contributed by atoms with Crippen molar-refractivity contribution in [3.63, 3.8) is 0 Å². The molecule has 140 valence electrons. The monoisotopic (exact) mass is 357 g/mol. The Morgan fingerprint density at radius 2 is 1.50 bits per heavy atom. The van der Waals surface area contributed by atoms with Gasteiger partial charge >= 0.3 is 5.97 Å². The summed E-state index contributed by atoms with van der Waals surface area (Å²) in [6.07, 6.45) is -1.09. The summed E-state index contributed by atoms with van der Waals surface area (Å²) in [7, 11) is 5.53. The van der Waals surface area contributed by atoms with Gasteiger partial charge in [-0.05, 0) is 57.8 Å². The van der Waals surface area contributed by atoms with Gasteiger partial charge in [-0.15, -0.1) is 0 Å². The summed E-state index contributed by atoms with van der Waals surface area (Å²) in [6.45, 7) is 3.72. The lowest BCUT2D eigenvalue weighted by molar-refractivity contribution is -0.160. The number of likely N-dealkylation sites (N-methyl/N-ethyl adjacent to an activating group) is 1. The van der Waals surface area contributed by atoms with Crippen LogP contribution in [0, 0.1) is 0 Å². The summed E-state index contributed by atoms with van der Waals surface area (Å²) in [5.41, 5.74) is 0.957. The highest BCUT2D eigenvalue weighted by Crippen LogP contribution is 2.25. The molecular formula is C21H27NO4. The number of benzene rings is 2. The molecule has 26 heavy (non-hydrogen) atoms. The maximum absolute atomic E-state index is 12.6. The van der Waals surface area contributed by atoms with Crippen LogP contribution in [0.5, 0.6) is 11.5 Å². The third-order valence-corrected chi connectivity index (χ3v) is 4.33. The maximum Gasteiger partial charge on any atom is 0.347 e. The lowest BCUT2D eigenvalue weighted by Crippen LogP contribution is -2.36. The molecule has 0 aliphatic rings. The molecule has 0 radical (unpaired) electrons. The van der Waals surface area contributed by atoms with Crippen molar-refractivity contribution in [3.05, 3.63) is 60.2 Å². The van der Waals surface area contributed by atoms with Crippen LogP contribution in [0.1, 0.15) is 25.5 Å². The van der Waals surface area contributed by atoms with Crippen LogP contribution in [0.2, 0.25) is 0 Å². The van der Waals surface area contributed by atoms with Gasteiger partial charge in [0.25, 0.3) is 0 Å². The predicted octanol–water partition coefficient (Wildman–Crippen LogP) is 3.70. The van der Waals surface area contributed by atoms with E-state index in [1.807, 2.05) is 56.3 Å². The molecule has 0 aliphatic heterocycles. The molecule has 0 fully saturated rings. The van der Waals surface area contributed by atoms with Gasteiger partial charge in [-0.1, -0.05) is 30.3 Å². The van der Waals surface area contributed by atoms with Crippen molar-refractivity contribution in [2.45, 2.75) is 32.1 Å². The van der Waals surface area contributed by atoms with Gasteiger partial charge in [0.15, 0.2) is 6.10 Å². The van der Waals surface area contributed by atoms with E-state index in [-0.39, 0.29) is 12.1 Å². The van der Waals surface area contributed by atoms with Crippen LogP contribution in [0.3, 0.4) is 0 Å². The molecule has 3 atom stereocenters. The molecule has 0 aliphatic carbocycles. The van der Waals surface area contributed by atoms with Gasteiger partial charge in [0.2, 0.25) is 0 Å². The first kappa shape index (κ1) is 19.8. The number of carbonyl (C=O) groups is 1. The fraction of sp³-hybridized carbons (Fsp3) is 0.381. The summed E-state index contributed by atoms with van der Waals surface area (Å²) >= 11 is 0. The van der Waals surface area contributed by atoms with Crippen molar-refractivity contribution in [2.75, 3.05) is 21.2 Å². The third kappa shape index (κ3) is 5.23. The zero-order valence-corrected chi connectivity index (χ0v) is 16.0. The van der Waals surface area contributed by atoms with Crippen LogP contribution in [0.4, 0.5) is 0 Å². The summed E-state index contributed by atoms with van der Waals surface area (Å²) in [6, 6.07) is 16.9. The number of nitrogens with zero attached hydrogens (tertiary/aromatic N) is 1. The Kier molecular flexibility index (Phi) is 7.04. The standard InChI is InChI=1S/C21H27NO4/c1-15(22(3)4)20(17-9-7-6-8-10-17)26-21(23)16(2)25-19-13-11-18(24-5)12-14-19/h6-16,20H,1-5H3/t15-,16+,20+/m0/s1. The smallest absolute Gasteiger partial charge is 0.347 e. The molecule has 0 heterocycles. The molecule has 5 heteroatoms. The van der Waals surface area contributed by atoms with E-state index in [1.54, 1.807) is 38.3 Å². The Bertz CT molecular complexity index is 685. The number of methoxy groups -OCH3 is 1. The van der Waals surface area contributed by atoms with E-state index in [2.05, 4.69) is 0 Å². The highest BCUT2D eigenvalue weighted by Gasteiger charge is 2.28. The van der Waals surface area contributed by atoms with E-state index in [1.165, 1.54) is 0 Å². The molecule has 2 aromatic carbocycles. The number of rotatable bonds is 8. The van der Waals surface area contributed by atoms with Crippen molar-refractivity contribution in [2.24, 2.45) is 0 Å². The van der Waals surface area contributed by atoms with Crippen molar-refractivity contribution >= 4 is 5.97 Å². The maximum atomic E-state index is 12.6. The number of carbonyl (C=O) groups excluding carboxylic acids is 1. The second-order valence-electron chi connectivity index (χ2n) is 6.41. The van der Waals surface area contributed by atoms with Gasteiger partial charge in [0.1, 0.15) is 17.6 Å². The van der Waals surface area contributed by atoms with Crippen molar-refractivity contribution in [3.8, 4) is 11.5 Å². The highest BCUT2D eigenvalue weighted by atomic mass is 16.6. The Labute approximate surface area is 155 Å². The number of hydrogen-bond acceptors (Lipinski definition) is 5. The summed E-state index contributed by atoms with van der Waals surface area (Å²) in [4.78, 5) is 14.6. The molecule has 0 amide bonds. The van der Waals surface area contributed by atoms with Crippen molar-refractivity contribution in [1.82, 2.24) is 4.90 Å². The minimum atomic E-state index is -0.719. The average molecular weight is 357 g/mol. The van der Waals surface area contributed by atoms with Crippen LogP contribution in [0.15, 0.2) is 54.6 Å². The number of esters is 1. The Morgan fingerprint density at radius 3 is 2.04 bits per heavy atom. The first-order valence-electron chi connectivity index (χ1n) is 8.65. The molecule has 5 nitrogen and oxygen atoms in total. The SMILES string of the molecule is COc1ccc(O[C@H](C)C(=O)O[C@@H](c2ccccc2)[C@H](C)N(C)C)cc1.